The molecule has 0 unspecified atom stereocenters. The largest absolute Gasteiger partial charge is 0.476 e. The standard InChI is InChI=1S/C20H21FN4O2/c1-5-27-20-19(22-4)11(2)16(10-24-20)15-6-13-8-18(25-12(3)26)23-9-14(13)7-17(15)21/h6-10,22H,5H2,1-4H3,(H,23,25,26). The summed E-state index contributed by atoms with van der Waals surface area (Å²) in [6.07, 6.45) is 3.15. The Kier molecular flexibility index (Phi) is 5.21. The van der Waals surface area contributed by atoms with Gasteiger partial charge in [0.25, 0.3) is 0 Å². The van der Waals surface area contributed by atoms with Gasteiger partial charge in [0.05, 0.1) is 6.61 Å². The highest BCUT2D eigenvalue weighted by Crippen LogP contribution is 2.36. The predicted octanol–water partition coefficient (Wildman–Crippen LogP) is 4.14. The average Bonchev–Trinajstić information content (AvgIpc) is 2.62. The van der Waals surface area contributed by atoms with Gasteiger partial charge in [0.15, 0.2) is 0 Å². The molecule has 0 spiro atoms. The highest BCUT2D eigenvalue weighted by molar-refractivity contribution is 5.93. The van der Waals surface area contributed by atoms with E-state index in [1.54, 1.807) is 25.4 Å². The second-order valence-corrected chi connectivity index (χ2v) is 6.09. The summed E-state index contributed by atoms with van der Waals surface area (Å²) in [7, 11) is 1.78. The number of fused-ring (bicyclic) bond motifs is 1. The summed E-state index contributed by atoms with van der Waals surface area (Å²) in [6.45, 7) is 5.68. The van der Waals surface area contributed by atoms with Crippen molar-refractivity contribution in [3.8, 4) is 17.0 Å². The number of aromatic nitrogens is 2. The van der Waals surface area contributed by atoms with Crippen LogP contribution < -0.4 is 15.4 Å². The number of nitrogens with one attached hydrogen (secondary N) is 2. The summed E-state index contributed by atoms with van der Waals surface area (Å²) in [4.78, 5) is 19.7. The van der Waals surface area contributed by atoms with Crippen molar-refractivity contribution in [3.63, 3.8) is 0 Å². The number of amides is 1. The van der Waals surface area contributed by atoms with Crippen molar-refractivity contribution < 1.29 is 13.9 Å². The molecule has 140 valence electrons. The SMILES string of the molecule is CCOc1ncc(-c2cc3cc(NC(C)=O)ncc3cc2F)c(C)c1NC. The van der Waals surface area contributed by atoms with Gasteiger partial charge < -0.3 is 15.4 Å². The lowest BCUT2D eigenvalue weighted by Crippen LogP contribution is -2.07. The van der Waals surface area contributed by atoms with Crippen LogP contribution in [0, 0.1) is 12.7 Å². The first-order valence-corrected chi connectivity index (χ1v) is 8.62. The van der Waals surface area contributed by atoms with Crippen molar-refractivity contribution in [2.24, 2.45) is 0 Å². The molecule has 0 atom stereocenters. The Morgan fingerprint density at radius 1 is 1.15 bits per heavy atom. The quantitative estimate of drug-likeness (QED) is 0.708. The molecule has 0 saturated heterocycles. The third-order valence-electron chi connectivity index (χ3n) is 4.24. The third kappa shape index (κ3) is 3.67. The maximum absolute atomic E-state index is 14.8. The zero-order valence-corrected chi connectivity index (χ0v) is 15.7. The summed E-state index contributed by atoms with van der Waals surface area (Å²) >= 11 is 0. The Bertz CT molecular complexity index is 1020. The Labute approximate surface area is 156 Å². The molecule has 0 fully saturated rings. The van der Waals surface area contributed by atoms with Gasteiger partial charge >= 0.3 is 0 Å². The highest BCUT2D eigenvalue weighted by Gasteiger charge is 2.16. The molecule has 3 rings (SSSR count). The molecule has 7 heteroatoms. The van der Waals surface area contributed by atoms with E-state index in [-0.39, 0.29) is 11.7 Å². The Hall–Kier alpha value is -3.22. The smallest absolute Gasteiger partial charge is 0.237 e. The molecule has 1 amide bonds. The second-order valence-electron chi connectivity index (χ2n) is 6.09. The lowest BCUT2D eigenvalue weighted by atomic mass is 9.98. The molecule has 0 saturated carbocycles. The Morgan fingerprint density at radius 3 is 2.59 bits per heavy atom. The summed E-state index contributed by atoms with van der Waals surface area (Å²) in [5, 5.41) is 7.13. The van der Waals surface area contributed by atoms with Crippen LogP contribution >= 0.6 is 0 Å². The van der Waals surface area contributed by atoms with Crippen LogP contribution in [-0.4, -0.2) is 29.5 Å². The maximum atomic E-state index is 14.8. The van der Waals surface area contributed by atoms with E-state index >= 15 is 0 Å². The van der Waals surface area contributed by atoms with E-state index in [9.17, 15) is 9.18 Å². The number of halogens is 1. The fourth-order valence-corrected chi connectivity index (χ4v) is 3.01. The van der Waals surface area contributed by atoms with Crippen LogP contribution in [0.4, 0.5) is 15.9 Å². The summed E-state index contributed by atoms with van der Waals surface area (Å²) < 4.78 is 20.3. The number of hydrogen-bond acceptors (Lipinski definition) is 5. The number of nitrogens with zero attached hydrogens (tertiary/aromatic N) is 2. The number of carbonyl (C=O) groups excluding carboxylic acids is 1. The van der Waals surface area contributed by atoms with Gasteiger partial charge in [0.1, 0.15) is 17.3 Å². The van der Waals surface area contributed by atoms with Crippen LogP contribution in [0.3, 0.4) is 0 Å². The minimum absolute atomic E-state index is 0.214. The maximum Gasteiger partial charge on any atom is 0.237 e. The zero-order valence-electron chi connectivity index (χ0n) is 15.7. The molecular formula is C20H21FN4O2. The summed E-state index contributed by atoms with van der Waals surface area (Å²) in [6, 6.07) is 4.89. The van der Waals surface area contributed by atoms with Gasteiger partial charge in [-0.3, -0.25) is 4.79 Å². The number of benzene rings is 1. The third-order valence-corrected chi connectivity index (χ3v) is 4.24. The number of hydrogen-bond donors (Lipinski definition) is 2. The number of ether oxygens (including phenoxy) is 1. The van der Waals surface area contributed by atoms with E-state index < -0.39 is 0 Å². The molecule has 2 heterocycles. The minimum Gasteiger partial charge on any atom is -0.476 e. The van der Waals surface area contributed by atoms with Crippen molar-refractivity contribution in [1.82, 2.24) is 9.97 Å². The van der Waals surface area contributed by atoms with Crippen molar-refractivity contribution >= 4 is 28.2 Å². The van der Waals surface area contributed by atoms with Gasteiger partial charge in [-0.1, -0.05) is 0 Å². The summed E-state index contributed by atoms with van der Waals surface area (Å²) in [5.41, 5.74) is 2.65. The van der Waals surface area contributed by atoms with E-state index in [0.29, 0.717) is 34.8 Å². The van der Waals surface area contributed by atoms with E-state index in [2.05, 4.69) is 20.6 Å². The van der Waals surface area contributed by atoms with Gasteiger partial charge in [0, 0.05) is 42.9 Å². The first-order chi connectivity index (χ1) is 12.9. The molecule has 3 aromatic rings. The van der Waals surface area contributed by atoms with Gasteiger partial charge in [0.2, 0.25) is 11.8 Å². The van der Waals surface area contributed by atoms with E-state index in [4.69, 9.17) is 4.74 Å². The van der Waals surface area contributed by atoms with Crippen LogP contribution in [0.2, 0.25) is 0 Å². The molecule has 0 aliphatic carbocycles. The fourth-order valence-electron chi connectivity index (χ4n) is 3.01. The van der Waals surface area contributed by atoms with Crippen molar-refractivity contribution in [2.45, 2.75) is 20.8 Å². The number of carbonyl (C=O) groups is 1. The molecule has 27 heavy (non-hydrogen) atoms. The first-order valence-electron chi connectivity index (χ1n) is 8.62. The fraction of sp³-hybridized carbons (Fsp3) is 0.250. The van der Waals surface area contributed by atoms with Gasteiger partial charge in [-0.25, -0.2) is 14.4 Å². The molecule has 0 radical (unpaired) electrons. The topological polar surface area (TPSA) is 76.1 Å². The molecule has 1 aromatic carbocycles. The number of pyridine rings is 2. The minimum atomic E-state index is -0.368. The lowest BCUT2D eigenvalue weighted by molar-refractivity contribution is -0.114. The van der Waals surface area contributed by atoms with Crippen molar-refractivity contribution in [3.05, 3.63) is 42.0 Å². The lowest BCUT2D eigenvalue weighted by Gasteiger charge is -2.16. The molecule has 0 bridgehead atoms. The molecule has 6 nitrogen and oxygen atoms in total. The van der Waals surface area contributed by atoms with Crippen LogP contribution in [0.15, 0.2) is 30.6 Å². The van der Waals surface area contributed by atoms with Crippen LogP contribution in [-0.2, 0) is 4.79 Å². The molecule has 2 N–H and O–H groups in total. The summed E-state index contributed by atoms with van der Waals surface area (Å²) in [5.74, 6) is 0.326. The van der Waals surface area contributed by atoms with Gasteiger partial charge in [-0.2, -0.15) is 0 Å². The van der Waals surface area contributed by atoms with Crippen LogP contribution in [0.5, 0.6) is 5.88 Å². The molecular weight excluding hydrogens is 347 g/mol. The Balaban J connectivity index is 2.15. The van der Waals surface area contributed by atoms with Gasteiger partial charge in [-0.15, -0.1) is 0 Å². The van der Waals surface area contributed by atoms with E-state index in [1.807, 2.05) is 13.8 Å². The monoisotopic (exact) mass is 368 g/mol. The highest BCUT2D eigenvalue weighted by atomic mass is 19.1. The van der Waals surface area contributed by atoms with E-state index in [0.717, 1.165) is 16.6 Å². The second kappa shape index (κ2) is 7.57. The van der Waals surface area contributed by atoms with Crippen molar-refractivity contribution in [2.75, 3.05) is 24.3 Å². The van der Waals surface area contributed by atoms with Gasteiger partial charge in [-0.05, 0) is 43.0 Å². The van der Waals surface area contributed by atoms with E-state index in [1.165, 1.54) is 19.2 Å². The number of anilines is 2. The molecule has 0 aliphatic heterocycles. The van der Waals surface area contributed by atoms with Crippen LogP contribution in [0.1, 0.15) is 19.4 Å². The predicted molar refractivity (Wildman–Crippen MR) is 105 cm³/mol. The normalized spacial score (nSPS) is 10.7. The van der Waals surface area contributed by atoms with Crippen LogP contribution in [0.25, 0.3) is 21.9 Å². The number of rotatable bonds is 5. The molecule has 2 aromatic heterocycles. The first kappa shape index (κ1) is 18.6. The Morgan fingerprint density at radius 2 is 1.93 bits per heavy atom. The molecule has 0 aliphatic rings. The zero-order chi connectivity index (χ0) is 19.6. The van der Waals surface area contributed by atoms with Crippen molar-refractivity contribution in [1.29, 1.82) is 0 Å². The average molecular weight is 368 g/mol.